The highest BCUT2D eigenvalue weighted by Gasteiger charge is 2.25. The van der Waals surface area contributed by atoms with Gasteiger partial charge in [0.2, 0.25) is 0 Å². The van der Waals surface area contributed by atoms with Crippen molar-refractivity contribution in [3.05, 3.63) is 35.4 Å². The van der Waals surface area contributed by atoms with Crippen molar-refractivity contribution in [1.82, 2.24) is 10.2 Å². The predicted molar refractivity (Wildman–Crippen MR) is 93.8 cm³/mol. The molecule has 2 atom stereocenters. The number of rotatable bonds is 9. The van der Waals surface area contributed by atoms with Gasteiger partial charge in [0.25, 0.3) is 0 Å². The molecule has 0 aliphatic heterocycles. The summed E-state index contributed by atoms with van der Waals surface area (Å²) in [5.41, 5.74) is 2.81. The van der Waals surface area contributed by atoms with Gasteiger partial charge < -0.3 is 5.32 Å². The first kappa shape index (κ1) is 18.2. The molecule has 0 saturated carbocycles. The fraction of sp³-hybridized carbons (Fsp3) is 0.684. The lowest BCUT2D eigenvalue weighted by Gasteiger charge is -2.37. The molecule has 0 radical (unpaired) electrons. The molecule has 120 valence electrons. The third kappa shape index (κ3) is 4.82. The standard InChI is InChI=1S/C19H34N2/c1-7-16-11-13-17(14-12-16)19(20-10-4)15(5)21(6)18(8-2)9-3/h11-15,18-20H,7-10H2,1-6H3. The van der Waals surface area contributed by atoms with Crippen molar-refractivity contribution in [1.29, 1.82) is 0 Å². The van der Waals surface area contributed by atoms with Gasteiger partial charge in [-0.15, -0.1) is 0 Å². The van der Waals surface area contributed by atoms with Crippen LogP contribution in [0.2, 0.25) is 0 Å². The second-order valence-electron chi connectivity index (χ2n) is 6.01. The van der Waals surface area contributed by atoms with E-state index in [4.69, 9.17) is 0 Å². The molecule has 1 N–H and O–H groups in total. The van der Waals surface area contributed by atoms with Crippen LogP contribution in [0.15, 0.2) is 24.3 Å². The van der Waals surface area contributed by atoms with Gasteiger partial charge in [0.1, 0.15) is 0 Å². The SMILES string of the molecule is CCNC(c1ccc(CC)cc1)C(C)N(C)C(CC)CC. The molecule has 2 nitrogen and oxygen atoms in total. The smallest absolute Gasteiger partial charge is 0.0475 e. The maximum Gasteiger partial charge on any atom is 0.0475 e. The Morgan fingerprint density at radius 2 is 1.57 bits per heavy atom. The summed E-state index contributed by atoms with van der Waals surface area (Å²) in [6, 6.07) is 10.7. The first-order valence-electron chi connectivity index (χ1n) is 8.63. The highest BCUT2D eigenvalue weighted by molar-refractivity contribution is 5.26. The molecule has 0 aromatic heterocycles. The monoisotopic (exact) mass is 290 g/mol. The van der Waals surface area contributed by atoms with Crippen LogP contribution in [0, 0.1) is 0 Å². The van der Waals surface area contributed by atoms with E-state index >= 15 is 0 Å². The minimum absolute atomic E-state index is 0.395. The minimum Gasteiger partial charge on any atom is -0.309 e. The quantitative estimate of drug-likeness (QED) is 0.725. The van der Waals surface area contributed by atoms with Crippen LogP contribution in [0.25, 0.3) is 0 Å². The number of hydrogen-bond donors (Lipinski definition) is 1. The number of nitrogens with one attached hydrogen (secondary N) is 1. The van der Waals surface area contributed by atoms with Gasteiger partial charge in [-0.05, 0) is 50.9 Å². The summed E-state index contributed by atoms with van der Waals surface area (Å²) >= 11 is 0. The van der Waals surface area contributed by atoms with Gasteiger partial charge in [0.05, 0.1) is 0 Å². The fourth-order valence-electron chi connectivity index (χ4n) is 3.18. The number of likely N-dealkylation sites (N-methyl/N-ethyl adjacent to an activating group) is 2. The highest BCUT2D eigenvalue weighted by atomic mass is 15.2. The third-order valence-electron chi connectivity index (χ3n) is 4.81. The maximum absolute atomic E-state index is 3.68. The van der Waals surface area contributed by atoms with Crippen molar-refractivity contribution >= 4 is 0 Å². The zero-order valence-corrected chi connectivity index (χ0v) is 14.8. The Morgan fingerprint density at radius 1 is 1.00 bits per heavy atom. The van der Waals surface area contributed by atoms with Gasteiger partial charge in [-0.1, -0.05) is 52.0 Å². The van der Waals surface area contributed by atoms with Crippen molar-refractivity contribution < 1.29 is 0 Å². The van der Waals surface area contributed by atoms with E-state index in [2.05, 4.69) is 76.1 Å². The topological polar surface area (TPSA) is 15.3 Å². The van der Waals surface area contributed by atoms with Gasteiger partial charge in [-0.2, -0.15) is 0 Å². The van der Waals surface area contributed by atoms with Crippen LogP contribution in [0.5, 0.6) is 0 Å². The van der Waals surface area contributed by atoms with Gasteiger partial charge in [0, 0.05) is 18.1 Å². The summed E-state index contributed by atoms with van der Waals surface area (Å²) in [6.45, 7) is 12.3. The minimum atomic E-state index is 0.395. The van der Waals surface area contributed by atoms with E-state index in [1.54, 1.807) is 0 Å². The normalized spacial score (nSPS) is 14.7. The lowest BCUT2D eigenvalue weighted by molar-refractivity contribution is 0.142. The average Bonchev–Trinajstić information content (AvgIpc) is 2.53. The van der Waals surface area contributed by atoms with Crippen LogP contribution in [0.4, 0.5) is 0 Å². The van der Waals surface area contributed by atoms with E-state index in [0.717, 1.165) is 13.0 Å². The first-order chi connectivity index (χ1) is 10.1. The van der Waals surface area contributed by atoms with E-state index in [-0.39, 0.29) is 0 Å². The Morgan fingerprint density at radius 3 is 2.00 bits per heavy atom. The molecular formula is C19H34N2. The van der Waals surface area contributed by atoms with E-state index in [1.807, 2.05) is 0 Å². The molecule has 0 saturated heterocycles. The Kier molecular flexibility index (Phi) is 7.98. The molecule has 2 heteroatoms. The van der Waals surface area contributed by atoms with Gasteiger partial charge in [-0.3, -0.25) is 4.90 Å². The Bertz CT molecular complexity index is 381. The largest absolute Gasteiger partial charge is 0.309 e. The van der Waals surface area contributed by atoms with E-state index in [1.165, 1.54) is 24.0 Å². The number of hydrogen-bond acceptors (Lipinski definition) is 2. The summed E-state index contributed by atoms with van der Waals surface area (Å²) < 4.78 is 0. The van der Waals surface area contributed by atoms with Crippen molar-refractivity contribution in [3.63, 3.8) is 0 Å². The van der Waals surface area contributed by atoms with Crippen molar-refractivity contribution in [2.75, 3.05) is 13.6 Å². The summed E-state index contributed by atoms with van der Waals surface area (Å²) in [6.07, 6.45) is 3.53. The van der Waals surface area contributed by atoms with E-state index in [9.17, 15) is 0 Å². The Labute approximate surface area is 131 Å². The molecule has 0 bridgehead atoms. The first-order valence-corrected chi connectivity index (χ1v) is 8.63. The zero-order valence-electron chi connectivity index (χ0n) is 14.8. The van der Waals surface area contributed by atoms with E-state index < -0.39 is 0 Å². The van der Waals surface area contributed by atoms with Crippen LogP contribution in [-0.2, 0) is 6.42 Å². The lowest BCUT2D eigenvalue weighted by Crippen LogP contribution is -2.45. The average molecular weight is 290 g/mol. The lowest BCUT2D eigenvalue weighted by atomic mass is 9.96. The predicted octanol–water partition coefficient (Wildman–Crippen LogP) is 4.41. The highest BCUT2D eigenvalue weighted by Crippen LogP contribution is 2.24. The Balaban J connectivity index is 2.92. The van der Waals surface area contributed by atoms with E-state index in [0.29, 0.717) is 18.1 Å². The third-order valence-corrected chi connectivity index (χ3v) is 4.81. The van der Waals surface area contributed by atoms with Crippen molar-refractivity contribution in [3.8, 4) is 0 Å². The molecule has 1 aromatic carbocycles. The van der Waals surface area contributed by atoms with Gasteiger partial charge >= 0.3 is 0 Å². The molecule has 0 heterocycles. The molecular weight excluding hydrogens is 256 g/mol. The van der Waals surface area contributed by atoms with Crippen molar-refractivity contribution in [2.24, 2.45) is 0 Å². The number of nitrogens with zero attached hydrogens (tertiary/aromatic N) is 1. The molecule has 0 aliphatic carbocycles. The molecule has 0 spiro atoms. The summed E-state index contributed by atoms with van der Waals surface area (Å²) in [5.74, 6) is 0. The van der Waals surface area contributed by atoms with Crippen LogP contribution in [0.3, 0.4) is 0 Å². The molecule has 0 fully saturated rings. The summed E-state index contributed by atoms with van der Waals surface area (Å²) in [4.78, 5) is 2.54. The second-order valence-corrected chi connectivity index (χ2v) is 6.01. The van der Waals surface area contributed by atoms with Crippen LogP contribution in [0.1, 0.15) is 64.6 Å². The van der Waals surface area contributed by atoms with Crippen LogP contribution in [-0.4, -0.2) is 30.6 Å². The van der Waals surface area contributed by atoms with Gasteiger partial charge in [-0.25, -0.2) is 0 Å². The number of benzene rings is 1. The summed E-state index contributed by atoms with van der Waals surface area (Å²) in [5, 5.41) is 3.68. The van der Waals surface area contributed by atoms with Crippen LogP contribution < -0.4 is 5.32 Å². The molecule has 0 aliphatic rings. The maximum atomic E-state index is 3.68. The van der Waals surface area contributed by atoms with Gasteiger partial charge in [0.15, 0.2) is 0 Å². The number of aryl methyl sites for hydroxylation is 1. The molecule has 0 amide bonds. The van der Waals surface area contributed by atoms with Crippen LogP contribution >= 0.6 is 0 Å². The van der Waals surface area contributed by atoms with Crippen molar-refractivity contribution in [2.45, 2.75) is 72.0 Å². The second kappa shape index (κ2) is 9.22. The molecule has 2 unspecified atom stereocenters. The Hall–Kier alpha value is -0.860. The molecule has 21 heavy (non-hydrogen) atoms. The molecule has 1 rings (SSSR count). The zero-order chi connectivity index (χ0) is 15.8. The fourth-order valence-corrected chi connectivity index (χ4v) is 3.18. The molecule has 1 aromatic rings. The summed E-state index contributed by atoms with van der Waals surface area (Å²) in [7, 11) is 2.27.